The zero-order chi connectivity index (χ0) is 10.6. The molecular weight excluding hydrogens is 170 g/mol. The minimum absolute atomic E-state index is 0.130. The first kappa shape index (κ1) is 10.8. The molecule has 0 saturated heterocycles. The molecule has 0 atom stereocenters. The molecule has 0 aliphatic carbocycles. The Bertz CT molecular complexity index is 344. The summed E-state index contributed by atoms with van der Waals surface area (Å²) in [5.74, 6) is 2.65. The zero-order valence-corrected chi connectivity index (χ0v) is 9.17. The molecule has 0 aromatic carbocycles. The average Bonchev–Trinajstić information content (AvgIpc) is 2.18. The fraction of sp³-hybridized carbons (Fsp3) is 0.462. The topological polar surface area (TPSA) is 12.9 Å². The van der Waals surface area contributed by atoms with Crippen LogP contribution in [0.5, 0.6) is 0 Å². The van der Waals surface area contributed by atoms with Crippen molar-refractivity contribution in [1.82, 2.24) is 4.98 Å². The van der Waals surface area contributed by atoms with Gasteiger partial charge < -0.3 is 0 Å². The van der Waals surface area contributed by atoms with E-state index in [0.717, 1.165) is 18.5 Å². The van der Waals surface area contributed by atoms with Crippen molar-refractivity contribution in [2.45, 2.75) is 39.0 Å². The number of rotatable bonds is 3. The summed E-state index contributed by atoms with van der Waals surface area (Å²) in [4.78, 5) is 4.21. The van der Waals surface area contributed by atoms with Crippen molar-refractivity contribution in [2.75, 3.05) is 0 Å². The first-order valence-corrected chi connectivity index (χ1v) is 5.04. The molecular formula is C13H17N. The molecule has 0 aliphatic heterocycles. The van der Waals surface area contributed by atoms with Gasteiger partial charge in [-0.2, -0.15) is 0 Å². The van der Waals surface area contributed by atoms with Crippen LogP contribution in [0.4, 0.5) is 0 Å². The van der Waals surface area contributed by atoms with Gasteiger partial charge in [0.1, 0.15) is 5.69 Å². The summed E-state index contributed by atoms with van der Waals surface area (Å²) in [6, 6.07) is 4.03. The summed E-state index contributed by atoms with van der Waals surface area (Å²) in [6.45, 7) is 6.62. The third-order valence-electron chi connectivity index (χ3n) is 2.55. The summed E-state index contributed by atoms with van der Waals surface area (Å²) in [5, 5.41) is 0. The lowest BCUT2D eigenvalue weighted by Crippen LogP contribution is -2.18. The number of hydrogen-bond acceptors (Lipinski definition) is 1. The van der Waals surface area contributed by atoms with Crippen LogP contribution >= 0.6 is 0 Å². The molecule has 1 aromatic heterocycles. The predicted molar refractivity (Wildman–Crippen MR) is 60.1 cm³/mol. The molecule has 0 saturated carbocycles. The van der Waals surface area contributed by atoms with Gasteiger partial charge >= 0.3 is 0 Å². The highest BCUT2D eigenvalue weighted by Crippen LogP contribution is 2.29. The number of pyridine rings is 1. The van der Waals surface area contributed by atoms with Crippen LogP contribution in [0.15, 0.2) is 18.3 Å². The molecule has 14 heavy (non-hydrogen) atoms. The highest BCUT2D eigenvalue weighted by Gasteiger charge is 2.22. The van der Waals surface area contributed by atoms with Gasteiger partial charge in [0.05, 0.1) is 0 Å². The van der Waals surface area contributed by atoms with Gasteiger partial charge in [0, 0.05) is 6.20 Å². The summed E-state index contributed by atoms with van der Waals surface area (Å²) >= 11 is 0. The van der Waals surface area contributed by atoms with Crippen LogP contribution < -0.4 is 0 Å². The molecule has 74 valence electrons. The Labute approximate surface area is 86.6 Å². The minimum atomic E-state index is 0.130. The van der Waals surface area contributed by atoms with Crippen LogP contribution in [0.3, 0.4) is 0 Å². The van der Waals surface area contributed by atoms with Gasteiger partial charge in [0.25, 0.3) is 0 Å². The monoisotopic (exact) mass is 187 g/mol. The average molecular weight is 187 g/mol. The van der Waals surface area contributed by atoms with E-state index in [0.29, 0.717) is 0 Å². The summed E-state index contributed by atoms with van der Waals surface area (Å²) < 4.78 is 0. The van der Waals surface area contributed by atoms with E-state index in [9.17, 15) is 0 Å². The number of terminal acetylenes is 1. The van der Waals surface area contributed by atoms with Crippen molar-refractivity contribution in [3.8, 4) is 12.3 Å². The predicted octanol–water partition coefficient (Wildman–Crippen LogP) is 3.14. The molecule has 0 bridgehead atoms. The molecule has 0 aliphatic rings. The third-order valence-corrected chi connectivity index (χ3v) is 2.55. The zero-order valence-electron chi connectivity index (χ0n) is 9.17. The Morgan fingerprint density at radius 2 is 2.21 bits per heavy atom. The number of nitrogens with zero attached hydrogens (tertiary/aromatic N) is 1. The summed E-state index contributed by atoms with van der Waals surface area (Å²) in [7, 11) is 0. The Morgan fingerprint density at radius 1 is 1.50 bits per heavy atom. The Kier molecular flexibility index (Phi) is 3.30. The van der Waals surface area contributed by atoms with E-state index in [1.54, 1.807) is 6.20 Å². The standard InChI is InChI=1S/C13H17N/c1-5-9-13(3,4)11-8-7-10-14-12(11)6-2/h2,7-8,10H,5,9H2,1,3-4H3. The maximum absolute atomic E-state index is 5.43. The molecule has 0 unspecified atom stereocenters. The van der Waals surface area contributed by atoms with Gasteiger partial charge in [0.15, 0.2) is 0 Å². The lowest BCUT2D eigenvalue weighted by molar-refractivity contribution is 0.470. The second kappa shape index (κ2) is 4.28. The fourth-order valence-electron chi connectivity index (χ4n) is 1.83. The van der Waals surface area contributed by atoms with Crippen LogP contribution in [0.2, 0.25) is 0 Å². The second-order valence-corrected chi connectivity index (χ2v) is 4.18. The van der Waals surface area contributed by atoms with Gasteiger partial charge in [-0.1, -0.05) is 33.3 Å². The Balaban J connectivity index is 3.12. The van der Waals surface area contributed by atoms with Gasteiger partial charge in [0.2, 0.25) is 0 Å². The molecule has 0 amide bonds. The van der Waals surface area contributed by atoms with E-state index >= 15 is 0 Å². The van der Waals surface area contributed by atoms with Crippen LogP contribution in [0.1, 0.15) is 44.9 Å². The third kappa shape index (κ3) is 2.14. The molecule has 1 aromatic rings. The molecule has 0 N–H and O–H groups in total. The SMILES string of the molecule is C#Cc1ncccc1C(C)(C)CCC. The van der Waals surface area contributed by atoms with Crippen molar-refractivity contribution >= 4 is 0 Å². The van der Waals surface area contributed by atoms with Crippen molar-refractivity contribution in [2.24, 2.45) is 0 Å². The second-order valence-electron chi connectivity index (χ2n) is 4.18. The first-order valence-electron chi connectivity index (χ1n) is 5.04. The van der Waals surface area contributed by atoms with Crippen molar-refractivity contribution in [1.29, 1.82) is 0 Å². The number of aromatic nitrogens is 1. The maximum atomic E-state index is 5.43. The lowest BCUT2D eigenvalue weighted by Gasteiger charge is -2.25. The molecule has 0 fully saturated rings. The molecule has 1 nitrogen and oxygen atoms in total. The van der Waals surface area contributed by atoms with E-state index in [1.165, 1.54) is 5.56 Å². The van der Waals surface area contributed by atoms with Crippen LogP contribution in [0, 0.1) is 12.3 Å². The lowest BCUT2D eigenvalue weighted by atomic mass is 9.80. The van der Waals surface area contributed by atoms with Crippen LogP contribution in [-0.4, -0.2) is 4.98 Å². The van der Waals surface area contributed by atoms with Gasteiger partial charge in [-0.25, -0.2) is 4.98 Å². The van der Waals surface area contributed by atoms with Gasteiger partial charge in [-0.05, 0) is 29.4 Å². The van der Waals surface area contributed by atoms with Crippen molar-refractivity contribution < 1.29 is 0 Å². The Hall–Kier alpha value is -1.29. The molecule has 0 radical (unpaired) electrons. The van der Waals surface area contributed by atoms with E-state index in [2.05, 4.69) is 37.7 Å². The fourth-order valence-corrected chi connectivity index (χ4v) is 1.83. The normalized spacial score (nSPS) is 11.0. The summed E-state index contributed by atoms with van der Waals surface area (Å²) in [6.07, 6.45) is 9.47. The van der Waals surface area contributed by atoms with Gasteiger partial charge in [-0.3, -0.25) is 0 Å². The summed E-state index contributed by atoms with van der Waals surface area (Å²) in [5.41, 5.74) is 2.10. The van der Waals surface area contributed by atoms with Crippen molar-refractivity contribution in [3.05, 3.63) is 29.6 Å². The highest BCUT2D eigenvalue weighted by molar-refractivity contribution is 5.38. The molecule has 0 spiro atoms. The quantitative estimate of drug-likeness (QED) is 0.662. The minimum Gasteiger partial charge on any atom is -0.247 e. The van der Waals surface area contributed by atoms with E-state index in [1.807, 2.05) is 6.07 Å². The highest BCUT2D eigenvalue weighted by atomic mass is 14.7. The largest absolute Gasteiger partial charge is 0.247 e. The van der Waals surface area contributed by atoms with Crippen LogP contribution in [0.25, 0.3) is 0 Å². The maximum Gasteiger partial charge on any atom is 0.116 e. The molecule has 1 heterocycles. The molecule has 1 rings (SSSR count). The van der Waals surface area contributed by atoms with Gasteiger partial charge in [-0.15, -0.1) is 6.42 Å². The number of hydrogen-bond donors (Lipinski definition) is 0. The van der Waals surface area contributed by atoms with Crippen molar-refractivity contribution in [3.63, 3.8) is 0 Å². The van der Waals surface area contributed by atoms with E-state index < -0.39 is 0 Å². The van der Waals surface area contributed by atoms with E-state index in [4.69, 9.17) is 6.42 Å². The smallest absolute Gasteiger partial charge is 0.116 e. The van der Waals surface area contributed by atoms with E-state index in [-0.39, 0.29) is 5.41 Å². The Morgan fingerprint density at radius 3 is 2.79 bits per heavy atom. The first-order chi connectivity index (χ1) is 6.61. The molecule has 1 heteroatoms. The van der Waals surface area contributed by atoms with Crippen LogP contribution in [-0.2, 0) is 5.41 Å².